The summed E-state index contributed by atoms with van der Waals surface area (Å²) in [5.74, 6) is -0.382. The smallest absolute Gasteiger partial charge is 0.246 e. The van der Waals surface area contributed by atoms with Gasteiger partial charge in [-0.15, -0.1) is 0 Å². The highest BCUT2D eigenvalue weighted by molar-refractivity contribution is 6.31. The van der Waals surface area contributed by atoms with Crippen molar-refractivity contribution in [3.63, 3.8) is 0 Å². The highest BCUT2D eigenvalue weighted by Gasteiger charge is 2.25. The van der Waals surface area contributed by atoms with Crippen molar-refractivity contribution in [1.29, 1.82) is 0 Å². The van der Waals surface area contributed by atoms with Crippen LogP contribution in [0.25, 0.3) is 11.8 Å². The third-order valence-corrected chi connectivity index (χ3v) is 5.52. The molecule has 1 aliphatic rings. The summed E-state index contributed by atoms with van der Waals surface area (Å²) in [4.78, 5) is 14.5. The van der Waals surface area contributed by atoms with Gasteiger partial charge in [-0.05, 0) is 55.8 Å². The van der Waals surface area contributed by atoms with Crippen LogP contribution in [-0.2, 0) is 4.79 Å². The summed E-state index contributed by atoms with van der Waals surface area (Å²) in [6, 6.07) is 16.2. The minimum Gasteiger partial charge on any atom is -0.380 e. The molecule has 5 nitrogen and oxygen atoms in total. The zero-order valence-electron chi connectivity index (χ0n) is 16.6. The van der Waals surface area contributed by atoms with Crippen LogP contribution < -0.4 is 5.32 Å². The molecule has 3 aromatic rings. The van der Waals surface area contributed by atoms with Crippen LogP contribution in [0.3, 0.4) is 0 Å². The Kier molecular flexibility index (Phi) is 5.86. The average molecular weight is 425 g/mol. The minimum absolute atomic E-state index is 0.0580. The molecule has 154 valence electrons. The number of hydrogen-bond acceptors (Lipinski definition) is 3. The number of benzene rings is 2. The van der Waals surface area contributed by atoms with E-state index in [1.807, 2.05) is 42.2 Å². The lowest BCUT2D eigenvalue weighted by Crippen LogP contribution is -2.30. The Morgan fingerprint density at radius 1 is 1.20 bits per heavy atom. The van der Waals surface area contributed by atoms with Gasteiger partial charge in [0, 0.05) is 36.5 Å². The van der Waals surface area contributed by atoms with Crippen LogP contribution in [0, 0.1) is 12.7 Å². The van der Waals surface area contributed by atoms with E-state index in [2.05, 4.69) is 10.4 Å². The first-order chi connectivity index (χ1) is 14.5. The van der Waals surface area contributed by atoms with Gasteiger partial charge in [0.1, 0.15) is 11.0 Å². The van der Waals surface area contributed by atoms with Crippen molar-refractivity contribution < 1.29 is 9.18 Å². The highest BCUT2D eigenvalue weighted by atomic mass is 35.5. The molecule has 7 heteroatoms. The van der Waals surface area contributed by atoms with Gasteiger partial charge >= 0.3 is 0 Å². The van der Waals surface area contributed by atoms with E-state index >= 15 is 0 Å². The largest absolute Gasteiger partial charge is 0.380 e. The molecule has 2 aromatic carbocycles. The number of halogens is 2. The maximum atomic E-state index is 13.2. The van der Waals surface area contributed by atoms with E-state index in [0.717, 1.165) is 12.1 Å². The summed E-state index contributed by atoms with van der Waals surface area (Å²) >= 11 is 6.48. The molecule has 0 bridgehead atoms. The number of para-hydroxylation sites is 1. The first-order valence-corrected chi connectivity index (χ1v) is 10.2. The van der Waals surface area contributed by atoms with Crippen LogP contribution in [0.5, 0.6) is 0 Å². The normalized spacial score (nSPS) is 16.4. The van der Waals surface area contributed by atoms with Gasteiger partial charge in [-0.25, -0.2) is 9.07 Å². The van der Waals surface area contributed by atoms with Crippen molar-refractivity contribution in [2.75, 3.05) is 18.4 Å². The molecular weight excluding hydrogens is 403 g/mol. The van der Waals surface area contributed by atoms with Crippen LogP contribution in [0.2, 0.25) is 5.15 Å². The van der Waals surface area contributed by atoms with Gasteiger partial charge in [0.2, 0.25) is 5.91 Å². The summed E-state index contributed by atoms with van der Waals surface area (Å²) in [6.45, 7) is 3.18. The van der Waals surface area contributed by atoms with Crippen LogP contribution in [-0.4, -0.2) is 39.7 Å². The van der Waals surface area contributed by atoms with E-state index in [9.17, 15) is 9.18 Å². The Labute approximate surface area is 179 Å². The van der Waals surface area contributed by atoms with Gasteiger partial charge in [0.15, 0.2) is 0 Å². The monoisotopic (exact) mass is 424 g/mol. The fourth-order valence-corrected chi connectivity index (χ4v) is 3.90. The van der Waals surface area contributed by atoms with Crippen LogP contribution >= 0.6 is 11.6 Å². The first kappa shape index (κ1) is 20.2. The number of aryl methyl sites for hydroxylation is 1. The van der Waals surface area contributed by atoms with Crippen molar-refractivity contribution in [1.82, 2.24) is 14.7 Å². The maximum absolute atomic E-state index is 13.2. The third kappa shape index (κ3) is 4.39. The van der Waals surface area contributed by atoms with E-state index in [-0.39, 0.29) is 17.8 Å². The molecule has 4 rings (SSSR count). The van der Waals surface area contributed by atoms with Gasteiger partial charge in [0.25, 0.3) is 0 Å². The molecule has 0 saturated carbocycles. The number of carbonyl (C=O) groups excluding carboxylic acids is 1. The molecule has 1 N–H and O–H groups in total. The van der Waals surface area contributed by atoms with Crippen LogP contribution in [0.15, 0.2) is 60.7 Å². The second kappa shape index (κ2) is 8.71. The minimum atomic E-state index is -0.324. The summed E-state index contributed by atoms with van der Waals surface area (Å²) in [5.41, 5.74) is 3.08. The summed E-state index contributed by atoms with van der Waals surface area (Å²) < 4.78 is 14.7. The lowest BCUT2D eigenvalue weighted by molar-refractivity contribution is -0.124. The summed E-state index contributed by atoms with van der Waals surface area (Å²) in [7, 11) is 0. The molecule has 1 saturated heterocycles. The molecule has 1 fully saturated rings. The van der Waals surface area contributed by atoms with Crippen molar-refractivity contribution >= 4 is 29.3 Å². The number of nitrogens with zero attached hydrogens (tertiary/aromatic N) is 3. The van der Waals surface area contributed by atoms with Gasteiger partial charge in [-0.3, -0.25) is 4.79 Å². The molecule has 1 amide bonds. The van der Waals surface area contributed by atoms with E-state index in [0.29, 0.717) is 35.2 Å². The van der Waals surface area contributed by atoms with Gasteiger partial charge in [-0.1, -0.05) is 29.8 Å². The number of anilines is 1. The Balaban J connectivity index is 1.42. The Morgan fingerprint density at radius 2 is 1.93 bits per heavy atom. The van der Waals surface area contributed by atoms with Crippen LogP contribution in [0.1, 0.15) is 17.7 Å². The SMILES string of the molecule is Cc1nn(-c2ccc(F)cc2)c(Cl)c1/C=C/C(=O)N1CCC(Nc2ccccc2)C1. The molecule has 2 heterocycles. The number of aromatic nitrogens is 2. The molecule has 0 radical (unpaired) electrons. The number of amides is 1. The first-order valence-electron chi connectivity index (χ1n) is 9.81. The second-order valence-corrected chi connectivity index (χ2v) is 7.65. The predicted octanol–water partition coefficient (Wildman–Crippen LogP) is 4.70. The van der Waals surface area contributed by atoms with Crippen LogP contribution in [0.4, 0.5) is 10.1 Å². The molecule has 1 aromatic heterocycles. The number of nitrogens with one attached hydrogen (secondary N) is 1. The zero-order chi connectivity index (χ0) is 21.1. The molecule has 1 aliphatic heterocycles. The lowest BCUT2D eigenvalue weighted by atomic mass is 10.2. The summed E-state index contributed by atoms with van der Waals surface area (Å²) in [6.07, 6.45) is 4.14. The molecule has 1 unspecified atom stereocenters. The number of likely N-dealkylation sites (tertiary alicyclic amines) is 1. The quantitative estimate of drug-likeness (QED) is 0.604. The molecule has 1 atom stereocenters. The number of rotatable bonds is 5. The maximum Gasteiger partial charge on any atom is 0.246 e. The van der Waals surface area contributed by atoms with Crippen molar-refractivity contribution in [2.24, 2.45) is 0 Å². The highest BCUT2D eigenvalue weighted by Crippen LogP contribution is 2.25. The second-order valence-electron chi connectivity index (χ2n) is 7.29. The Morgan fingerprint density at radius 3 is 2.67 bits per heavy atom. The fourth-order valence-electron chi connectivity index (χ4n) is 3.56. The van der Waals surface area contributed by atoms with Gasteiger partial charge < -0.3 is 10.2 Å². The van der Waals surface area contributed by atoms with Crippen molar-refractivity contribution in [3.05, 3.63) is 82.9 Å². The Bertz CT molecular complexity index is 1060. The number of hydrogen-bond donors (Lipinski definition) is 1. The Hall–Kier alpha value is -3.12. The summed E-state index contributed by atoms with van der Waals surface area (Å²) in [5, 5.41) is 8.27. The van der Waals surface area contributed by atoms with Crippen molar-refractivity contribution in [2.45, 2.75) is 19.4 Å². The number of carbonyl (C=O) groups is 1. The lowest BCUT2D eigenvalue weighted by Gasteiger charge is -2.16. The standard InChI is InChI=1S/C23H22ClFN4O/c1-16-21(23(24)29(27-16)20-9-7-17(25)8-10-20)11-12-22(30)28-14-13-19(15-28)26-18-5-3-2-4-6-18/h2-12,19,26H,13-15H2,1H3/b12-11+. The molecule has 30 heavy (non-hydrogen) atoms. The van der Waals surface area contributed by atoms with Gasteiger partial charge in [0.05, 0.1) is 11.4 Å². The van der Waals surface area contributed by atoms with E-state index in [1.54, 1.807) is 18.2 Å². The zero-order valence-corrected chi connectivity index (χ0v) is 17.3. The third-order valence-electron chi connectivity index (χ3n) is 5.16. The fraction of sp³-hybridized carbons (Fsp3) is 0.217. The average Bonchev–Trinajstić information content (AvgIpc) is 3.32. The van der Waals surface area contributed by atoms with Gasteiger partial charge in [-0.2, -0.15) is 5.10 Å². The van der Waals surface area contributed by atoms with E-state index in [1.165, 1.54) is 22.9 Å². The molecule has 0 spiro atoms. The van der Waals surface area contributed by atoms with E-state index < -0.39 is 0 Å². The van der Waals surface area contributed by atoms with Crippen molar-refractivity contribution in [3.8, 4) is 5.69 Å². The topological polar surface area (TPSA) is 50.2 Å². The van der Waals surface area contributed by atoms with E-state index in [4.69, 9.17) is 11.6 Å². The predicted molar refractivity (Wildman–Crippen MR) is 117 cm³/mol. The molecular formula is C23H22ClFN4O. The molecule has 0 aliphatic carbocycles.